The molecule has 168 valence electrons. The number of hydrazine groups is 1. The third-order valence-corrected chi connectivity index (χ3v) is 6.07. The summed E-state index contributed by atoms with van der Waals surface area (Å²) in [6.45, 7) is 3.84. The predicted molar refractivity (Wildman–Crippen MR) is 132 cm³/mol. The third kappa shape index (κ3) is 5.86. The second kappa shape index (κ2) is 10.4. The molecule has 1 fully saturated rings. The molecule has 0 aliphatic carbocycles. The average molecular weight is 512 g/mol. The highest BCUT2D eigenvalue weighted by atomic mass is 35.5. The lowest BCUT2D eigenvalue weighted by molar-refractivity contribution is -0.123. The van der Waals surface area contributed by atoms with Gasteiger partial charge in [-0.3, -0.25) is 4.79 Å². The van der Waals surface area contributed by atoms with E-state index in [1.807, 2.05) is 13.8 Å². The summed E-state index contributed by atoms with van der Waals surface area (Å²) in [6, 6.07) is 9.30. The van der Waals surface area contributed by atoms with Crippen LogP contribution >= 0.6 is 47.2 Å². The molecule has 32 heavy (non-hydrogen) atoms. The first-order valence-electron chi connectivity index (χ1n) is 9.33. The Morgan fingerprint density at radius 1 is 1.16 bits per heavy atom. The van der Waals surface area contributed by atoms with E-state index in [4.69, 9.17) is 44.9 Å². The second-order valence-electron chi connectivity index (χ2n) is 6.79. The van der Waals surface area contributed by atoms with Crippen LogP contribution in [0.4, 0.5) is 10.5 Å². The number of thioether (sulfide) groups is 1. The molecule has 2 N–H and O–H groups in total. The van der Waals surface area contributed by atoms with Crippen molar-refractivity contribution in [3.8, 4) is 11.5 Å². The van der Waals surface area contributed by atoms with Gasteiger partial charge >= 0.3 is 6.03 Å². The fourth-order valence-corrected chi connectivity index (χ4v) is 4.15. The lowest BCUT2D eigenvalue weighted by Crippen LogP contribution is -2.46. The van der Waals surface area contributed by atoms with Gasteiger partial charge in [0.1, 0.15) is 0 Å². The van der Waals surface area contributed by atoms with Crippen LogP contribution in [0.1, 0.15) is 19.4 Å². The topological polar surface area (TPSA) is 79.9 Å². The summed E-state index contributed by atoms with van der Waals surface area (Å²) >= 11 is 18.1. The highest BCUT2D eigenvalue weighted by molar-refractivity contribution is 8.26. The minimum Gasteiger partial charge on any atom is -0.493 e. The maximum Gasteiger partial charge on any atom is 0.338 e. The van der Waals surface area contributed by atoms with Crippen LogP contribution in [0.15, 0.2) is 41.3 Å². The lowest BCUT2D eigenvalue weighted by Gasteiger charge is -2.16. The average Bonchev–Trinajstić information content (AvgIpc) is 2.98. The van der Waals surface area contributed by atoms with Gasteiger partial charge in [-0.15, -0.1) is 0 Å². The molecule has 1 aliphatic rings. The van der Waals surface area contributed by atoms with Gasteiger partial charge < -0.3 is 14.8 Å². The van der Waals surface area contributed by atoms with E-state index in [-0.39, 0.29) is 10.4 Å². The summed E-state index contributed by atoms with van der Waals surface area (Å²) in [5.74, 6) is 0.695. The van der Waals surface area contributed by atoms with E-state index in [1.54, 1.807) is 43.5 Å². The Kier molecular flexibility index (Phi) is 7.89. The number of ether oxygens (including phenoxy) is 2. The van der Waals surface area contributed by atoms with Crippen molar-refractivity contribution >= 4 is 75.2 Å². The van der Waals surface area contributed by atoms with Gasteiger partial charge in [0.05, 0.1) is 28.2 Å². The molecule has 0 spiro atoms. The van der Waals surface area contributed by atoms with Gasteiger partial charge in [0, 0.05) is 5.69 Å². The first-order chi connectivity index (χ1) is 15.2. The van der Waals surface area contributed by atoms with E-state index in [1.165, 1.54) is 6.07 Å². The zero-order valence-electron chi connectivity index (χ0n) is 17.3. The monoisotopic (exact) mass is 511 g/mol. The van der Waals surface area contributed by atoms with E-state index >= 15 is 0 Å². The van der Waals surface area contributed by atoms with Crippen LogP contribution in [0.5, 0.6) is 11.5 Å². The SMILES string of the molecule is COc1cc(/C=C2\SC(=S)N(NC(=O)Nc3ccc(Cl)c(Cl)c3)C2=O)ccc1OC(C)C. The minimum absolute atomic E-state index is 0.00730. The number of thiocarbonyl (C=S) groups is 1. The molecule has 1 aliphatic heterocycles. The first kappa shape index (κ1) is 24.2. The molecule has 11 heteroatoms. The number of anilines is 1. The zero-order valence-corrected chi connectivity index (χ0v) is 20.4. The van der Waals surface area contributed by atoms with Gasteiger partial charge in [-0.2, -0.15) is 5.01 Å². The quantitative estimate of drug-likeness (QED) is 0.380. The number of hydrogen-bond donors (Lipinski definition) is 2. The van der Waals surface area contributed by atoms with Crippen LogP contribution in [-0.2, 0) is 4.79 Å². The summed E-state index contributed by atoms with van der Waals surface area (Å²) < 4.78 is 11.3. The van der Waals surface area contributed by atoms with Gasteiger partial charge in [0.25, 0.3) is 5.91 Å². The first-order valence-corrected chi connectivity index (χ1v) is 11.3. The molecule has 1 heterocycles. The highest BCUT2D eigenvalue weighted by Crippen LogP contribution is 2.34. The van der Waals surface area contributed by atoms with Crippen LogP contribution < -0.4 is 20.2 Å². The van der Waals surface area contributed by atoms with Crippen molar-refractivity contribution < 1.29 is 19.1 Å². The molecule has 0 atom stereocenters. The Morgan fingerprint density at radius 2 is 1.91 bits per heavy atom. The number of rotatable bonds is 6. The molecule has 2 aromatic rings. The smallest absolute Gasteiger partial charge is 0.338 e. The van der Waals surface area contributed by atoms with Crippen LogP contribution in [0, 0.1) is 0 Å². The van der Waals surface area contributed by atoms with E-state index in [0.29, 0.717) is 32.1 Å². The van der Waals surface area contributed by atoms with Crippen molar-refractivity contribution in [2.45, 2.75) is 20.0 Å². The predicted octanol–water partition coefficient (Wildman–Crippen LogP) is 5.73. The number of methoxy groups -OCH3 is 1. The number of benzene rings is 2. The summed E-state index contributed by atoms with van der Waals surface area (Å²) in [4.78, 5) is 25.5. The number of urea groups is 1. The normalized spacial score (nSPS) is 14.8. The Hall–Kier alpha value is -2.46. The maximum absolute atomic E-state index is 12.8. The van der Waals surface area contributed by atoms with Gasteiger partial charge in [-0.05, 0) is 68.0 Å². The number of hydrogen-bond acceptors (Lipinski definition) is 6. The Balaban J connectivity index is 1.71. The van der Waals surface area contributed by atoms with Crippen molar-refractivity contribution in [1.82, 2.24) is 10.4 Å². The van der Waals surface area contributed by atoms with Crippen LogP contribution in [-0.4, -0.2) is 34.5 Å². The summed E-state index contributed by atoms with van der Waals surface area (Å²) in [5, 5.41) is 4.23. The Labute approximate surface area is 205 Å². The molecular weight excluding hydrogens is 493 g/mol. The molecule has 0 saturated carbocycles. The molecule has 3 amide bonds. The van der Waals surface area contributed by atoms with Crippen LogP contribution in [0.2, 0.25) is 10.0 Å². The van der Waals surface area contributed by atoms with Gasteiger partial charge in [0.2, 0.25) is 0 Å². The van der Waals surface area contributed by atoms with Crippen molar-refractivity contribution in [2.75, 3.05) is 12.4 Å². The lowest BCUT2D eigenvalue weighted by atomic mass is 10.2. The summed E-state index contributed by atoms with van der Waals surface area (Å²) in [5.41, 5.74) is 3.57. The van der Waals surface area contributed by atoms with Crippen LogP contribution in [0.25, 0.3) is 6.08 Å². The molecule has 0 unspecified atom stereocenters. The summed E-state index contributed by atoms with van der Waals surface area (Å²) in [7, 11) is 1.54. The molecule has 3 rings (SSSR count). The number of amides is 3. The highest BCUT2D eigenvalue weighted by Gasteiger charge is 2.33. The summed E-state index contributed by atoms with van der Waals surface area (Å²) in [6.07, 6.45) is 1.66. The van der Waals surface area contributed by atoms with Gasteiger partial charge in [-0.1, -0.05) is 41.0 Å². The number of nitrogens with one attached hydrogen (secondary N) is 2. The molecule has 0 aromatic heterocycles. The zero-order chi connectivity index (χ0) is 23.4. The van der Waals surface area contributed by atoms with Crippen molar-refractivity contribution in [3.63, 3.8) is 0 Å². The molecule has 0 radical (unpaired) electrons. The number of carbonyl (C=O) groups excluding carboxylic acids is 2. The Bertz CT molecular complexity index is 1110. The number of halogens is 2. The van der Waals surface area contributed by atoms with Gasteiger partial charge in [-0.25, -0.2) is 10.2 Å². The number of carbonyl (C=O) groups is 2. The molecular formula is C21H19Cl2N3O4S2. The van der Waals surface area contributed by atoms with Crippen molar-refractivity contribution in [1.29, 1.82) is 0 Å². The van der Waals surface area contributed by atoms with Gasteiger partial charge in [0.15, 0.2) is 15.8 Å². The van der Waals surface area contributed by atoms with E-state index in [2.05, 4.69) is 10.7 Å². The Morgan fingerprint density at radius 3 is 2.56 bits per heavy atom. The molecule has 2 aromatic carbocycles. The van der Waals surface area contributed by atoms with E-state index in [9.17, 15) is 9.59 Å². The van der Waals surface area contributed by atoms with Crippen LogP contribution in [0.3, 0.4) is 0 Å². The standard InChI is InChI=1S/C21H19Cl2N3O4S2/c1-11(2)30-16-7-4-12(8-17(16)29-3)9-18-19(27)26(21(31)32-18)25-20(28)24-13-5-6-14(22)15(23)10-13/h4-11H,1-3H3,(H2,24,25,28)/b18-9-. The molecule has 0 bridgehead atoms. The van der Waals surface area contributed by atoms with E-state index < -0.39 is 11.9 Å². The maximum atomic E-state index is 12.8. The second-order valence-corrected chi connectivity index (χ2v) is 9.28. The van der Waals surface area contributed by atoms with Crippen molar-refractivity contribution in [2.24, 2.45) is 0 Å². The largest absolute Gasteiger partial charge is 0.493 e. The minimum atomic E-state index is -0.655. The molecule has 1 saturated heterocycles. The number of nitrogens with zero attached hydrogens (tertiary/aromatic N) is 1. The fraction of sp³-hybridized carbons (Fsp3) is 0.190. The third-order valence-electron chi connectivity index (χ3n) is 4.03. The fourth-order valence-electron chi connectivity index (χ4n) is 2.68. The molecule has 7 nitrogen and oxygen atoms in total. The van der Waals surface area contributed by atoms with Crippen molar-refractivity contribution in [3.05, 3.63) is 56.9 Å². The van der Waals surface area contributed by atoms with E-state index in [0.717, 1.165) is 22.3 Å².